The van der Waals surface area contributed by atoms with Crippen LogP contribution in [0, 0.1) is 0 Å². The van der Waals surface area contributed by atoms with Gasteiger partial charge in [-0.15, -0.1) is 0 Å². The summed E-state index contributed by atoms with van der Waals surface area (Å²) in [6.07, 6.45) is 2.98. The summed E-state index contributed by atoms with van der Waals surface area (Å²) >= 11 is 0. The first kappa shape index (κ1) is 20.2. The van der Waals surface area contributed by atoms with E-state index in [9.17, 15) is 18.0 Å². The molecule has 2 heterocycles. The smallest absolute Gasteiger partial charge is 0.269 e. The highest BCUT2D eigenvalue weighted by Crippen LogP contribution is 2.21. The van der Waals surface area contributed by atoms with E-state index >= 15 is 0 Å². The molecule has 1 aliphatic rings. The van der Waals surface area contributed by atoms with Crippen molar-refractivity contribution in [3.05, 3.63) is 70.6 Å². The Bertz CT molecular complexity index is 1230. The lowest BCUT2D eigenvalue weighted by molar-refractivity contribution is -0.121. The zero-order valence-corrected chi connectivity index (χ0v) is 17.1. The van der Waals surface area contributed by atoms with Crippen LogP contribution in [-0.4, -0.2) is 41.3 Å². The topological polar surface area (TPSA) is 101 Å². The van der Waals surface area contributed by atoms with Crippen LogP contribution in [0.25, 0.3) is 11.0 Å². The van der Waals surface area contributed by atoms with E-state index < -0.39 is 10.0 Å². The Morgan fingerprint density at radius 1 is 1.03 bits per heavy atom. The highest BCUT2D eigenvalue weighted by molar-refractivity contribution is 7.89. The highest BCUT2D eigenvalue weighted by Gasteiger charge is 2.26. The van der Waals surface area contributed by atoms with Crippen LogP contribution in [0.3, 0.4) is 0 Å². The quantitative estimate of drug-likeness (QED) is 0.644. The lowest BCUT2D eigenvalue weighted by Crippen LogP contribution is -2.32. The van der Waals surface area contributed by atoms with E-state index in [4.69, 9.17) is 0 Å². The molecule has 3 aromatic rings. The van der Waals surface area contributed by atoms with Crippen LogP contribution >= 0.6 is 0 Å². The second-order valence-corrected chi connectivity index (χ2v) is 9.14. The molecule has 8 nitrogen and oxygen atoms in total. The maximum Gasteiger partial charge on any atom is 0.269 e. The van der Waals surface area contributed by atoms with Gasteiger partial charge in [0.1, 0.15) is 6.54 Å². The summed E-state index contributed by atoms with van der Waals surface area (Å²) in [5, 5.41) is 2.77. The van der Waals surface area contributed by atoms with E-state index in [0.29, 0.717) is 24.1 Å². The van der Waals surface area contributed by atoms with E-state index in [-0.39, 0.29) is 29.5 Å². The van der Waals surface area contributed by atoms with Crippen LogP contribution in [0.2, 0.25) is 0 Å². The fourth-order valence-corrected chi connectivity index (χ4v) is 5.05. The van der Waals surface area contributed by atoms with Crippen LogP contribution in [0.4, 0.5) is 0 Å². The van der Waals surface area contributed by atoms with Crippen molar-refractivity contribution < 1.29 is 13.2 Å². The Morgan fingerprint density at radius 3 is 2.47 bits per heavy atom. The van der Waals surface area contributed by atoms with Crippen LogP contribution in [-0.2, 0) is 27.9 Å². The number of nitrogens with zero attached hydrogens (tertiary/aromatic N) is 3. The Balaban J connectivity index is 1.41. The van der Waals surface area contributed by atoms with E-state index in [1.807, 2.05) is 6.07 Å². The normalized spacial score (nSPS) is 14.8. The van der Waals surface area contributed by atoms with Crippen LogP contribution < -0.4 is 10.9 Å². The molecule has 0 aliphatic carbocycles. The highest BCUT2D eigenvalue weighted by atomic mass is 32.2. The minimum absolute atomic E-state index is 0.122. The van der Waals surface area contributed by atoms with Crippen molar-refractivity contribution in [1.82, 2.24) is 19.2 Å². The van der Waals surface area contributed by atoms with Gasteiger partial charge < -0.3 is 5.32 Å². The second-order valence-electron chi connectivity index (χ2n) is 7.20. The molecule has 2 aromatic carbocycles. The Kier molecular flexibility index (Phi) is 5.65. The van der Waals surface area contributed by atoms with Gasteiger partial charge in [-0.3, -0.25) is 14.2 Å². The minimum Gasteiger partial charge on any atom is -0.350 e. The lowest BCUT2D eigenvalue weighted by Gasteiger charge is -2.15. The van der Waals surface area contributed by atoms with Gasteiger partial charge in [0.25, 0.3) is 5.56 Å². The third kappa shape index (κ3) is 4.12. The average Bonchev–Trinajstić information content (AvgIpc) is 3.30. The molecule has 1 aromatic heterocycles. The number of aromatic nitrogens is 2. The summed E-state index contributed by atoms with van der Waals surface area (Å²) in [6, 6.07) is 13.6. The minimum atomic E-state index is -3.45. The van der Waals surface area contributed by atoms with Gasteiger partial charge in [0, 0.05) is 19.6 Å². The van der Waals surface area contributed by atoms with Crippen molar-refractivity contribution in [2.75, 3.05) is 13.1 Å². The Labute approximate surface area is 174 Å². The molecule has 0 spiro atoms. The first-order valence-corrected chi connectivity index (χ1v) is 11.2. The monoisotopic (exact) mass is 426 g/mol. The van der Waals surface area contributed by atoms with Crippen molar-refractivity contribution in [3.63, 3.8) is 0 Å². The van der Waals surface area contributed by atoms with Crippen LogP contribution in [0.15, 0.2) is 64.4 Å². The van der Waals surface area contributed by atoms with Gasteiger partial charge in [-0.1, -0.05) is 24.3 Å². The predicted molar refractivity (Wildman–Crippen MR) is 112 cm³/mol. The van der Waals surface area contributed by atoms with Gasteiger partial charge in [0.2, 0.25) is 15.9 Å². The van der Waals surface area contributed by atoms with Crippen LogP contribution in [0.5, 0.6) is 0 Å². The van der Waals surface area contributed by atoms with Crippen molar-refractivity contribution in [2.45, 2.75) is 30.8 Å². The number of nitrogens with one attached hydrogen (secondary N) is 1. The molecule has 9 heteroatoms. The molecule has 0 saturated carbocycles. The second kappa shape index (κ2) is 8.37. The van der Waals surface area contributed by atoms with Crippen molar-refractivity contribution in [1.29, 1.82) is 0 Å². The summed E-state index contributed by atoms with van der Waals surface area (Å²) in [6.45, 7) is 1.23. The van der Waals surface area contributed by atoms with Gasteiger partial charge in [-0.25, -0.2) is 13.4 Å². The molecule has 30 heavy (non-hydrogen) atoms. The van der Waals surface area contributed by atoms with Crippen LogP contribution in [0.1, 0.15) is 18.4 Å². The van der Waals surface area contributed by atoms with E-state index in [1.54, 1.807) is 42.5 Å². The SMILES string of the molecule is O=C(Cn1c(=O)cnc2ccccc21)NCc1ccc(S(=O)(=O)N2CCCC2)cc1. The largest absolute Gasteiger partial charge is 0.350 e. The number of fused-ring (bicyclic) bond motifs is 1. The van der Waals surface area contributed by atoms with Crippen molar-refractivity contribution in [3.8, 4) is 0 Å². The van der Waals surface area contributed by atoms with Gasteiger partial charge in [-0.05, 0) is 42.7 Å². The molecule has 0 bridgehead atoms. The summed E-state index contributed by atoms with van der Waals surface area (Å²) in [7, 11) is -3.45. The maximum absolute atomic E-state index is 12.6. The number of hydrogen-bond acceptors (Lipinski definition) is 5. The molecule has 1 saturated heterocycles. The zero-order chi connectivity index (χ0) is 21.1. The number of rotatable bonds is 6. The molecule has 1 N–H and O–H groups in total. The van der Waals surface area contributed by atoms with Crippen molar-refractivity contribution in [2.24, 2.45) is 0 Å². The number of para-hydroxylation sites is 2. The Hall–Kier alpha value is -3.04. The van der Waals surface area contributed by atoms with E-state index in [2.05, 4.69) is 10.3 Å². The first-order valence-electron chi connectivity index (χ1n) is 9.75. The van der Waals surface area contributed by atoms with Gasteiger partial charge in [-0.2, -0.15) is 4.31 Å². The van der Waals surface area contributed by atoms with Gasteiger partial charge >= 0.3 is 0 Å². The third-order valence-electron chi connectivity index (χ3n) is 5.17. The average molecular weight is 426 g/mol. The maximum atomic E-state index is 12.6. The molecular formula is C21H22N4O4S. The summed E-state index contributed by atoms with van der Waals surface area (Å²) in [5.41, 5.74) is 1.66. The molecule has 0 unspecified atom stereocenters. The van der Waals surface area contributed by atoms with E-state index in [0.717, 1.165) is 18.4 Å². The predicted octanol–water partition coefficient (Wildman–Crippen LogP) is 1.50. The summed E-state index contributed by atoms with van der Waals surface area (Å²) < 4.78 is 28.0. The standard InChI is InChI=1S/C21H22N4O4S/c26-20(15-25-19-6-2-1-5-18(19)22-14-21(25)27)23-13-16-7-9-17(10-8-16)30(28,29)24-11-3-4-12-24/h1-2,5-10,14H,3-4,11-13,15H2,(H,23,26). The van der Waals surface area contributed by atoms with E-state index in [1.165, 1.54) is 15.1 Å². The molecule has 1 fully saturated rings. The molecular weight excluding hydrogens is 404 g/mol. The number of sulfonamides is 1. The van der Waals surface area contributed by atoms with Gasteiger partial charge in [0.05, 0.1) is 22.1 Å². The Morgan fingerprint density at radius 2 is 1.73 bits per heavy atom. The summed E-state index contributed by atoms with van der Waals surface area (Å²) in [4.78, 5) is 28.9. The fraction of sp³-hybridized carbons (Fsp3) is 0.286. The zero-order valence-electron chi connectivity index (χ0n) is 16.3. The number of benzene rings is 2. The molecule has 4 rings (SSSR count). The molecule has 0 radical (unpaired) electrons. The number of carbonyl (C=O) groups is 1. The fourth-order valence-electron chi connectivity index (χ4n) is 3.53. The lowest BCUT2D eigenvalue weighted by atomic mass is 10.2. The third-order valence-corrected chi connectivity index (χ3v) is 7.08. The molecule has 1 amide bonds. The number of hydrogen-bond donors (Lipinski definition) is 1. The molecule has 1 aliphatic heterocycles. The van der Waals surface area contributed by atoms with Gasteiger partial charge in [0.15, 0.2) is 0 Å². The first-order chi connectivity index (χ1) is 14.4. The van der Waals surface area contributed by atoms with Crippen molar-refractivity contribution >= 4 is 27.0 Å². The number of amides is 1. The molecule has 0 atom stereocenters. The number of carbonyl (C=O) groups excluding carboxylic acids is 1. The summed E-state index contributed by atoms with van der Waals surface area (Å²) in [5.74, 6) is -0.317. The molecule has 156 valence electrons.